The number of carbonyl (C=O) groups excluding carboxylic acids is 1. The van der Waals surface area contributed by atoms with Gasteiger partial charge in [0, 0.05) is 17.5 Å². The summed E-state index contributed by atoms with van der Waals surface area (Å²) < 4.78 is 17.4. The number of methoxy groups -OCH3 is 1. The maximum atomic E-state index is 13.5. The Bertz CT molecular complexity index is 1160. The normalized spacial score (nSPS) is 25.7. The Balaban J connectivity index is 2.14. The summed E-state index contributed by atoms with van der Waals surface area (Å²) in [4.78, 5) is 18.1. The van der Waals surface area contributed by atoms with Crippen LogP contribution in [0.5, 0.6) is 11.5 Å². The number of ether oxygens (including phenoxy) is 3. The average Bonchev–Trinajstić information content (AvgIpc) is 3.07. The highest BCUT2D eigenvalue weighted by molar-refractivity contribution is 6.30. The van der Waals surface area contributed by atoms with E-state index in [2.05, 4.69) is 4.99 Å². The van der Waals surface area contributed by atoms with E-state index in [1.807, 2.05) is 53.7 Å². The van der Waals surface area contributed by atoms with Crippen molar-refractivity contribution in [1.29, 1.82) is 0 Å². The summed E-state index contributed by atoms with van der Waals surface area (Å²) in [5, 5.41) is 11.8. The molecule has 0 aliphatic carbocycles. The lowest BCUT2D eigenvalue weighted by Gasteiger charge is -2.47. The molecule has 2 aromatic carbocycles. The van der Waals surface area contributed by atoms with Crippen molar-refractivity contribution in [1.82, 2.24) is 0 Å². The predicted molar refractivity (Wildman–Crippen MR) is 132 cm³/mol. The monoisotopic (exact) mass is 485 g/mol. The highest BCUT2D eigenvalue weighted by Crippen LogP contribution is 2.57. The van der Waals surface area contributed by atoms with E-state index in [4.69, 9.17) is 25.8 Å². The Labute approximate surface area is 205 Å². The van der Waals surface area contributed by atoms with Crippen molar-refractivity contribution in [2.45, 2.75) is 76.5 Å². The summed E-state index contributed by atoms with van der Waals surface area (Å²) in [6, 6.07) is 9.20. The van der Waals surface area contributed by atoms with Crippen LogP contribution >= 0.6 is 11.6 Å². The zero-order valence-corrected chi connectivity index (χ0v) is 21.7. The Morgan fingerprint density at radius 2 is 1.68 bits per heavy atom. The summed E-state index contributed by atoms with van der Waals surface area (Å²) in [5.41, 5.74) is 0.756. The smallest absolute Gasteiger partial charge is 0.343 e. The number of benzene rings is 2. The second kappa shape index (κ2) is 7.64. The van der Waals surface area contributed by atoms with Crippen LogP contribution in [-0.4, -0.2) is 35.9 Å². The molecule has 0 saturated heterocycles. The van der Waals surface area contributed by atoms with Gasteiger partial charge in [-0.1, -0.05) is 65.3 Å². The molecule has 0 amide bonds. The molecule has 182 valence electrons. The summed E-state index contributed by atoms with van der Waals surface area (Å²) in [6.07, 6.45) is 1.26. The van der Waals surface area contributed by atoms with E-state index in [0.29, 0.717) is 16.3 Å². The van der Waals surface area contributed by atoms with Crippen LogP contribution in [0.1, 0.15) is 76.6 Å². The van der Waals surface area contributed by atoms with Crippen LogP contribution in [-0.2, 0) is 25.1 Å². The first-order valence-electron chi connectivity index (χ1n) is 11.3. The third-order valence-electron chi connectivity index (χ3n) is 6.81. The maximum absolute atomic E-state index is 13.5. The molecule has 2 heterocycles. The summed E-state index contributed by atoms with van der Waals surface area (Å²) in [6.45, 7) is 14.0. The number of halogens is 1. The van der Waals surface area contributed by atoms with Gasteiger partial charge in [-0.25, -0.2) is 9.79 Å². The Morgan fingerprint density at radius 1 is 1.09 bits per heavy atom. The molecule has 0 unspecified atom stereocenters. The van der Waals surface area contributed by atoms with E-state index < -0.39 is 23.2 Å². The van der Waals surface area contributed by atoms with Gasteiger partial charge in [0.15, 0.2) is 6.40 Å². The van der Waals surface area contributed by atoms with Crippen molar-refractivity contribution in [3.63, 3.8) is 0 Å². The molecule has 3 atom stereocenters. The standard InChI is InChI=1S/C27H32ClNO5/c1-24(2,3)18-11-15(12-19(22(18)30)25(4,5)6)21-17-13-16(28)9-10-20(17)34-26(7)27(21,23(31)32-8)29-14-33-26/h9-14,21,30H,1-8H3/t21-,26+,27+/m1/s1. The first-order chi connectivity index (χ1) is 15.7. The highest BCUT2D eigenvalue weighted by atomic mass is 35.5. The zero-order chi connectivity index (χ0) is 25.3. The van der Waals surface area contributed by atoms with Crippen LogP contribution in [0.2, 0.25) is 5.02 Å². The number of nitrogens with zero attached hydrogens (tertiary/aromatic N) is 1. The fourth-order valence-corrected chi connectivity index (χ4v) is 5.21. The molecule has 2 aromatic rings. The largest absolute Gasteiger partial charge is 0.507 e. The van der Waals surface area contributed by atoms with E-state index in [-0.39, 0.29) is 16.6 Å². The molecule has 7 heteroatoms. The number of phenols is 1. The number of hydrogen-bond donors (Lipinski definition) is 1. The fraction of sp³-hybridized carbons (Fsp3) is 0.481. The molecule has 0 aromatic heterocycles. The van der Waals surface area contributed by atoms with Crippen molar-refractivity contribution in [2.24, 2.45) is 4.99 Å². The molecule has 2 aliphatic heterocycles. The quantitative estimate of drug-likeness (QED) is 0.540. The van der Waals surface area contributed by atoms with Crippen molar-refractivity contribution >= 4 is 24.0 Å². The highest BCUT2D eigenvalue weighted by Gasteiger charge is 2.70. The van der Waals surface area contributed by atoms with E-state index in [0.717, 1.165) is 16.7 Å². The van der Waals surface area contributed by atoms with Crippen molar-refractivity contribution in [3.8, 4) is 11.5 Å². The second-order valence-corrected chi connectivity index (χ2v) is 11.7. The SMILES string of the molecule is COC(=O)[C@]12N=CO[C@@]1(C)Oc1ccc(Cl)cc1[C@H]2c1cc(C(C)(C)C)c(O)c(C(C)(C)C)c1. The number of rotatable bonds is 2. The molecule has 34 heavy (non-hydrogen) atoms. The van der Waals surface area contributed by atoms with Gasteiger partial charge < -0.3 is 19.3 Å². The van der Waals surface area contributed by atoms with Gasteiger partial charge in [-0.15, -0.1) is 0 Å². The minimum atomic E-state index is -1.55. The molecule has 0 spiro atoms. The third kappa shape index (κ3) is 3.46. The average molecular weight is 486 g/mol. The maximum Gasteiger partial charge on any atom is 0.343 e. The number of aliphatic imine (C=N–C) groups is 1. The van der Waals surface area contributed by atoms with Crippen LogP contribution in [0.3, 0.4) is 0 Å². The van der Waals surface area contributed by atoms with E-state index >= 15 is 0 Å². The van der Waals surface area contributed by atoms with Gasteiger partial charge in [0.1, 0.15) is 11.5 Å². The lowest BCUT2D eigenvalue weighted by molar-refractivity contribution is -0.186. The summed E-state index contributed by atoms with van der Waals surface area (Å²) in [7, 11) is 1.33. The number of hydrogen-bond acceptors (Lipinski definition) is 6. The Kier molecular flexibility index (Phi) is 5.48. The second-order valence-electron chi connectivity index (χ2n) is 11.2. The lowest BCUT2D eigenvalue weighted by Crippen LogP contribution is -2.64. The molecule has 2 aliphatic rings. The van der Waals surface area contributed by atoms with Crippen LogP contribution in [0, 0.1) is 0 Å². The molecule has 6 nitrogen and oxygen atoms in total. The summed E-state index contributed by atoms with van der Waals surface area (Å²) >= 11 is 6.42. The van der Waals surface area contributed by atoms with E-state index in [1.54, 1.807) is 25.1 Å². The Morgan fingerprint density at radius 3 is 2.21 bits per heavy atom. The first kappa shape index (κ1) is 24.4. The van der Waals surface area contributed by atoms with E-state index in [1.165, 1.54) is 13.5 Å². The van der Waals surface area contributed by atoms with Crippen molar-refractivity contribution in [2.75, 3.05) is 7.11 Å². The minimum Gasteiger partial charge on any atom is -0.507 e. The number of aromatic hydroxyl groups is 1. The topological polar surface area (TPSA) is 77.4 Å². The van der Waals surface area contributed by atoms with Gasteiger partial charge in [0.25, 0.3) is 5.79 Å². The van der Waals surface area contributed by atoms with Crippen molar-refractivity contribution in [3.05, 3.63) is 57.6 Å². The minimum absolute atomic E-state index is 0.253. The number of esters is 1. The van der Waals surface area contributed by atoms with Gasteiger partial charge in [0.05, 0.1) is 13.0 Å². The van der Waals surface area contributed by atoms with Gasteiger partial charge >= 0.3 is 5.97 Å². The van der Waals surface area contributed by atoms with E-state index in [9.17, 15) is 9.90 Å². The lowest BCUT2D eigenvalue weighted by atomic mass is 9.67. The van der Waals surface area contributed by atoms with Crippen LogP contribution < -0.4 is 4.74 Å². The third-order valence-corrected chi connectivity index (χ3v) is 7.04. The van der Waals surface area contributed by atoms with Gasteiger partial charge in [-0.3, -0.25) is 0 Å². The molecule has 0 fully saturated rings. The molecule has 0 radical (unpaired) electrons. The predicted octanol–water partition coefficient (Wildman–Crippen LogP) is 5.85. The van der Waals surface area contributed by atoms with Crippen LogP contribution in [0.25, 0.3) is 0 Å². The molecule has 4 rings (SSSR count). The number of fused-ring (bicyclic) bond motifs is 2. The number of phenolic OH excluding ortho intramolecular Hbond substituents is 1. The molecule has 0 bridgehead atoms. The zero-order valence-electron chi connectivity index (χ0n) is 20.9. The molecular weight excluding hydrogens is 454 g/mol. The fourth-order valence-electron chi connectivity index (χ4n) is 5.03. The molecule has 1 N–H and O–H groups in total. The Hall–Kier alpha value is -2.73. The van der Waals surface area contributed by atoms with Gasteiger partial charge in [-0.05, 0) is 45.7 Å². The summed E-state index contributed by atoms with van der Waals surface area (Å²) in [5.74, 6) is -1.86. The van der Waals surface area contributed by atoms with Gasteiger partial charge in [-0.2, -0.15) is 0 Å². The van der Waals surface area contributed by atoms with Gasteiger partial charge in [0.2, 0.25) is 5.54 Å². The van der Waals surface area contributed by atoms with Crippen LogP contribution in [0.4, 0.5) is 0 Å². The molecule has 0 saturated carbocycles. The number of carbonyl (C=O) groups is 1. The molecular formula is C27H32ClNO5. The first-order valence-corrected chi connectivity index (χ1v) is 11.7. The van der Waals surface area contributed by atoms with Crippen LogP contribution in [0.15, 0.2) is 35.3 Å². The van der Waals surface area contributed by atoms with Crippen molar-refractivity contribution < 1.29 is 24.1 Å².